The molecule has 7 heteroatoms. The van der Waals surface area contributed by atoms with Crippen LogP contribution in [-0.2, 0) is 22.5 Å². The molecular formula is C14H16N2O4S. The van der Waals surface area contributed by atoms with E-state index >= 15 is 0 Å². The number of aryl methyl sites for hydroxylation is 1. The monoisotopic (exact) mass is 308 g/mol. The van der Waals surface area contributed by atoms with Gasteiger partial charge < -0.3 is 9.84 Å². The second-order valence-corrected chi connectivity index (χ2v) is 5.39. The van der Waals surface area contributed by atoms with Gasteiger partial charge in [0.2, 0.25) is 0 Å². The molecule has 0 aliphatic rings. The first-order valence-electron chi connectivity index (χ1n) is 6.47. The van der Waals surface area contributed by atoms with Gasteiger partial charge in [-0.15, -0.1) is 11.3 Å². The normalized spacial score (nSPS) is 10.7. The van der Waals surface area contributed by atoms with E-state index in [0.717, 1.165) is 4.88 Å². The third-order valence-electron chi connectivity index (χ3n) is 2.94. The first-order valence-corrected chi connectivity index (χ1v) is 7.35. The highest BCUT2D eigenvalue weighted by Gasteiger charge is 2.12. The highest BCUT2D eigenvalue weighted by molar-refractivity contribution is 7.13. The van der Waals surface area contributed by atoms with Crippen molar-refractivity contribution < 1.29 is 14.6 Å². The second-order valence-electron chi connectivity index (χ2n) is 4.45. The number of carboxylic acid groups (broad SMARTS) is 1. The summed E-state index contributed by atoms with van der Waals surface area (Å²) < 4.78 is 6.32. The number of hydrogen-bond donors (Lipinski definition) is 1. The molecule has 0 aliphatic heterocycles. The average molecular weight is 308 g/mol. The molecule has 2 heterocycles. The third kappa shape index (κ3) is 3.99. The van der Waals surface area contributed by atoms with Gasteiger partial charge in [-0.1, -0.05) is 6.07 Å². The van der Waals surface area contributed by atoms with Gasteiger partial charge in [-0.05, 0) is 23.9 Å². The van der Waals surface area contributed by atoms with Crippen LogP contribution >= 0.6 is 11.3 Å². The lowest BCUT2D eigenvalue weighted by molar-refractivity contribution is -0.136. The number of aliphatic carboxylic acids is 1. The predicted molar refractivity (Wildman–Crippen MR) is 79.6 cm³/mol. The Morgan fingerprint density at radius 3 is 2.95 bits per heavy atom. The Morgan fingerprint density at radius 1 is 1.52 bits per heavy atom. The van der Waals surface area contributed by atoms with Gasteiger partial charge in [0.05, 0.1) is 18.0 Å². The Morgan fingerprint density at radius 2 is 2.33 bits per heavy atom. The second kappa shape index (κ2) is 7.14. The van der Waals surface area contributed by atoms with E-state index < -0.39 is 5.97 Å². The quantitative estimate of drug-likeness (QED) is 0.841. The molecule has 0 radical (unpaired) electrons. The van der Waals surface area contributed by atoms with Crippen molar-refractivity contribution in [3.05, 3.63) is 39.5 Å². The number of methoxy groups -OCH3 is 1. The van der Waals surface area contributed by atoms with Gasteiger partial charge in [0.25, 0.3) is 5.56 Å². The SMILES string of the molecule is COCCn1nc(-c2cccs2)cc(CCC(=O)O)c1=O. The van der Waals surface area contributed by atoms with E-state index in [-0.39, 0.29) is 18.4 Å². The summed E-state index contributed by atoms with van der Waals surface area (Å²) in [6.45, 7) is 0.716. The van der Waals surface area contributed by atoms with Crippen molar-refractivity contribution in [3.63, 3.8) is 0 Å². The van der Waals surface area contributed by atoms with E-state index in [2.05, 4.69) is 5.10 Å². The molecule has 0 saturated heterocycles. The zero-order chi connectivity index (χ0) is 15.2. The van der Waals surface area contributed by atoms with Crippen molar-refractivity contribution in [2.45, 2.75) is 19.4 Å². The first kappa shape index (κ1) is 15.4. The minimum atomic E-state index is -0.924. The van der Waals surface area contributed by atoms with Crippen molar-refractivity contribution in [2.24, 2.45) is 0 Å². The van der Waals surface area contributed by atoms with Crippen molar-refractivity contribution in [2.75, 3.05) is 13.7 Å². The Hall–Kier alpha value is -1.99. The molecule has 0 bridgehead atoms. The van der Waals surface area contributed by atoms with Crippen LogP contribution in [0.25, 0.3) is 10.6 Å². The maximum atomic E-state index is 12.3. The van der Waals surface area contributed by atoms with E-state index in [1.807, 2.05) is 17.5 Å². The van der Waals surface area contributed by atoms with Crippen LogP contribution in [0.15, 0.2) is 28.4 Å². The van der Waals surface area contributed by atoms with Gasteiger partial charge in [-0.25, -0.2) is 4.68 Å². The van der Waals surface area contributed by atoms with E-state index in [1.54, 1.807) is 13.2 Å². The van der Waals surface area contributed by atoms with E-state index in [9.17, 15) is 9.59 Å². The number of carbonyl (C=O) groups is 1. The molecule has 0 spiro atoms. The summed E-state index contributed by atoms with van der Waals surface area (Å²) in [6, 6.07) is 5.50. The summed E-state index contributed by atoms with van der Waals surface area (Å²) >= 11 is 1.52. The number of aromatic nitrogens is 2. The molecule has 2 rings (SSSR count). The average Bonchev–Trinajstić information content (AvgIpc) is 2.99. The van der Waals surface area contributed by atoms with Crippen LogP contribution in [-0.4, -0.2) is 34.6 Å². The Kier molecular flexibility index (Phi) is 5.24. The molecular weight excluding hydrogens is 292 g/mol. The van der Waals surface area contributed by atoms with Crippen LogP contribution in [0.3, 0.4) is 0 Å². The van der Waals surface area contributed by atoms with Crippen molar-refractivity contribution in [1.29, 1.82) is 0 Å². The molecule has 0 unspecified atom stereocenters. The molecule has 0 saturated carbocycles. The van der Waals surface area contributed by atoms with Crippen LogP contribution in [0.2, 0.25) is 0 Å². The molecule has 0 aliphatic carbocycles. The molecule has 0 fully saturated rings. The number of rotatable bonds is 7. The molecule has 21 heavy (non-hydrogen) atoms. The van der Waals surface area contributed by atoms with E-state index in [0.29, 0.717) is 24.4 Å². The van der Waals surface area contributed by atoms with Gasteiger partial charge in [-0.2, -0.15) is 5.10 Å². The summed E-state index contributed by atoms with van der Waals surface area (Å²) in [6.07, 6.45) is 0.120. The molecule has 0 aromatic carbocycles. The summed E-state index contributed by atoms with van der Waals surface area (Å²) in [5, 5.41) is 15.0. The third-order valence-corrected chi connectivity index (χ3v) is 3.83. The molecule has 1 N–H and O–H groups in total. The number of ether oxygens (including phenoxy) is 1. The largest absolute Gasteiger partial charge is 0.481 e. The standard InChI is InChI=1S/C14H16N2O4S/c1-20-7-6-16-14(19)10(4-5-13(17)18)9-11(15-16)12-3-2-8-21-12/h2-3,8-9H,4-7H2,1H3,(H,17,18). The van der Waals surface area contributed by atoms with Gasteiger partial charge in [0.15, 0.2) is 0 Å². The fourth-order valence-corrected chi connectivity index (χ4v) is 2.57. The van der Waals surface area contributed by atoms with Gasteiger partial charge in [0.1, 0.15) is 5.69 Å². The fourth-order valence-electron chi connectivity index (χ4n) is 1.89. The van der Waals surface area contributed by atoms with Crippen LogP contribution in [0, 0.1) is 0 Å². The lowest BCUT2D eigenvalue weighted by atomic mass is 10.1. The minimum Gasteiger partial charge on any atom is -0.481 e. The van der Waals surface area contributed by atoms with Crippen LogP contribution < -0.4 is 5.56 Å². The van der Waals surface area contributed by atoms with Gasteiger partial charge in [-0.3, -0.25) is 9.59 Å². The zero-order valence-electron chi connectivity index (χ0n) is 11.6. The molecule has 0 atom stereocenters. The molecule has 2 aromatic rings. The van der Waals surface area contributed by atoms with Gasteiger partial charge >= 0.3 is 5.97 Å². The molecule has 6 nitrogen and oxygen atoms in total. The first-order chi connectivity index (χ1) is 10.1. The zero-order valence-corrected chi connectivity index (χ0v) is 12.4. The number of thiophene rings is 1. The number of hydrogen-bond acceptors (Lipinski definition) is 5. The smallest absolute Gasteiger partial charge is 0.303 e. The van der Waals surface area contributed by atoms with Gasteiger partial charge in [0, 0.05) is 19.1 Å². The topological polar surface area (TPSA) is 81.4 Å². The fraction of sp³-hybridized carbons (Fsp3) is 0.357. The Bertz CT molecular complexity index is 664. The predicted octanol–water partition coefficient (Wildman–Crippen LogP) is 1.64. The highest BCUT2D eigenvalue weighted by Crippen LogP contribution is 2.22. The summed E-state index contributed by atoms with van der Waals surface area (Å²) in [5.74, 6) is -0.924. The van der Waals surface area contributed by atoms with Crippen molar-refractivity contribution >= 4 is 17.3 Å². The van der Waals surface area contributed by atoms with E-state index in [1.165, 1.54) is 16.0 Å². The maximum Gasteiger partial charge on any atom is 0.303 e. The van der Waals surface area contributed by atoms with Crippen molar-refractivity contribution in [3.8, 4) is 10.6 Å². The van der Waals surface area contributed by atoms with Crippen LogP contribution in [0.1, 0.15) is 12.0 Å². The maximum absolute atomic E-state index is 12.3. The minimum absolute atomic E-state index is 0.0760. The summed E-state index contributed by atoms with van der Waals surface area (Å²) in [7, 11) is 1.56. The van der Waals surface area contributed by atoms with E-state index in [4.69, 9.17) is 9.84 Å². The van der Waals surface area contributed by atoms with Crippen LogP contribution in [0.5, 0.6) is 0 Å². The molecule has 0 amide bonds. The molecule has 112 valence electrons. The number of nitrogens with zero attached hydrogens (tertiary/aromatic N) is 2. The highest BCUT2D eigenvalue weighted by atomic mass is 32.1. The molecule has 2 aromatic heterocycles. The van der Waals surface area contributed by atoms with Crippen LogP contribution in [0.4, 0.5) is 0 Å². The van der Waals surface area contributed by atoms with Crippen molar-refractivity contribution in [1.82, 2.24) is 9.78 Å². The summed E-state index contributed by atoms with van der Waals surface area (Å²) in [5.41, 5.74) is 0.890. The number of carboxylic acids is 1. The Balaban J connectivity index is 2.40. The summed E-state index contributed by atoms with van der Waals surface area (Å²) in [4.78, 5) is 23.9. The Labute approximate surface area is 125 Å². The lowest BCUT2D eigenvalue weighted by Crippen LogP contribution is -2.28. The lowest BCUT2D eigenvalue weighted by Gasteiger charge is -2.09.